The smallest absolute Gasteiger partial charge is 0.250 e. The maximum atomic E-state index is 12.5. The van der Waals surface area contributed by atoms with Gasteiger partial charge in [-0.25, -0.2) is 5.90 Å². The van der Waals surface area contributed by atoms with Gasteiger partial charge in [-0.15, -0.1) is 0 Å². The lowest BCUT2D eigenvalue weighted by Crippen LogP contribution is -2.31. The monoisotopic (exact) mass is 364 g/mol. The number of benzene rings is 2. The summed E-state index contributed by atoms with van der Waals surface area (Å²) in [5.41, 5.74) is 2.01. The fourth-order valence-corrected chi connectivity index (χ4v) is 2.54. The third-order valence-corrected chi connectivity index (χ3v) is 4.08. The number of carbonyl (C=O) groups is 1. The molecule has 3 N–H and O–H groups in total. The zero-order chi connectivity index (χ0) is 17.5. The Bertz CT molecular complexity index is 747. The molecule has 2 aromatic carbocycles. The lowest BCUT2D eigenvalue weighted by atomic mass is 10.1. The Morgan fingerprint density at radius 2 is 2.00 bits per heavy atom. The van der Waals surface area contributed by atoms with Gasteiger partial charge < -0.3 is 5.32 Å². The number of carbonyl (C=O) groups excluding carboxylic acids is 1. The standard InChI is InChI=1S/C18H18Cl2N2O2/c1-12(24-21)16(10-13-5-4-7-15(19)9-13)18(23)22-11-14-6-2-3-8-17(14)20/h2-10,12H,11,21H2,1H3,(H,22,23). The molecule has 0 aliphatic carbocycles. The summed E-state index contributed by atoms with van der Waals surface area (Å²) in [5.74, 6) is 4.97. The van der Waals surface area contributed by atoms with E-state index in [0.29, 0.717) is 22.2 Å². The van der Waals surface area contributed by atoms with Gasteiger partial charge in [-0.1, -0.05) is 53.5 Å². The molecule has 0 bridgehead atoms. The molecule has 126 valence electrons. The molecule has 0 saturated carbocycles. The summed E-state index contributed by atoms with van der Waals surface area (Å²) in [6, 6.07) is 14.5. The minimum absolute atomic E-state index is 0.284. The molecule has 0 saturated heterocycles. The van der Waals surface area contributed by atoms with Gasteiger partial charge >= 0.3 is 0 Å². The van der Waals surface area contributed by atoms with Crippen LogP contribution in [0.25, 0.3) is 6.08 Å². The van der Waals surface area contributed by atoms with Crippen molar-refractivity contribution in [2.75, 3.05) is 0 Å². The molecule has 2 aromatic rings. The first-order chi connectivity index (χ1) is 11.5. The fourth-order valence-electron chi connectivity index (χ4n) is 2.14. The van der Waals surface area contributed by atoms with Crippen LogP contribution in [0.5, 0.6) is 0 Å². The van der Waals surface area contributed by atoms with Crippen LogP contribution in [0, 0.1) is 0 Å². The zero-order valence-corrected chi connectivity index (χ0v) is 14.6. The van der Waals surface area contributed by atoms with E-state index in [1.54, 1.807) is 37.3 Å². The molecular weight excluding hydrogens is 347 g/mol. The molecule has 0 heterocycles. The highest BCUT2D eigenvalue weighted by atomic mass is 35.5. The van der Waals surface area contributed by atoms with Crippen LogP contribution in [-0.2, 0) is 16.2 Å². The van der Waals surface area contributed by atoms with Crippen LogP contribution in [0.1, 0.15) is 18.1 Å². The topological polar surface area (TPSA) is 64.3 Å². The molecule has 0 spiro atoms. The van der Waals surface area contributed by atoms with E-state index in [4.69, 9.17) is 33.9 Å². The van der Waals surface area contributed by atoms with E-state index < -0.39 is 6.10 Å². The van der Waals surface area contributed by atoms with Crippen molar-refractivity contribution in [1.82, 2.24) is 5.32 Å². The average Bonchev–Trinajstić information content (AvgIpc) is 2.58. The Morgan fingerprint density at radius 3 is 2.67 bits per heavy atom. The lowest BCUT2D eigenvalue weighted by Gasteiger charge is -2.15. The Morgan fingerprint density at radius 1 is 1.25 bits per heavy atom. The summed E-state index contributed by atoms with van der Waals surface area (Å²) in [7, 11) is 0. The second-order valence-corrected chi connectivity index (χ2v) is 6.05. The highest BCUT2D eigenvalue weighted by molar-refractivity contribution is 6.31. The summed E-state index contributed by atoms with van der Waals surface area (Å²) in [6.45, 7) is 2.01. The first-order valence-electron chi connectivity index (χ1n) is 7.35. The number of amides is 1. The van der Waals surface area contributed by atoms with Gasteiger partial charge in [0.05, 0.1) is 0 Å². The highest BCUT2D eigenvalue weighted by Gasteiger charge is 2.17. The van der Waals surface area contributed by atoms with Crippen LogP contribution >= 0.6 is 23.2 Å². The van der Waals surface area contributed by atoms with E-state index >= 15 is 0 Å². The van der Waals surface area contributed by atoms with E-state index in [-0.39, 0.29) is 5.91 Å². The second-order valence-electron chi connectivity index (χ2n) is 5.21. The molecule has 0 aliphatic rings. The Hall–Kier alpha value is -1.85. The second kappa shape index (κ2) is 8.85. The van der Waals surface area contributed by atoms with Crippen LogP contribution in [-0.4, -0.2) is 12.0 Å². The van der Waals surface area contributed by atoms with E-state index in [2.05, 4.69) is 5.32 Å². The van der Waals surface area contributed by atoms with Gasteiger partial charge in [0.2, 0.25) is 5.91 Å². The van der Waals surface area contributed by atoms with Crippen molar-refractivity contribution >= 4 is 35.2 Å². The summed E-state index contributed by atoms with van der Waals surface area (Å²) in [6.07, 6.45) is 1.13. The first-order valence-corrected chi connectivity index (χ1v) is 8.11. The van der Waals surface area contributed by atoms with Crippen LogP contribution in [0.2, 0.25) is 10.0 Å². The van der Waals surface area contributed by atoms with Crippen molar-refractivity contribution in [3.63, 3.8) is 0 Å². The normalized spacial score (nSPS) is 12.8. The molecule has 6 heteroatoms. The fraction of sp³-hybridized carbons (Fsp3) is 0.167. The van der Waals surface area contributed by atoms with Crippen molar-refractivity contribution < 1.29 is 9.63 Å². The number of nitrogens with two attached hydrogens (primary N) is 1. The van der Waals surface area contributed by atoms with Crippen LogP contribution in [0.15, 0.2) is 54.1 Å². The molecule has 0 fully saturated rings. The molecule has 4 nitrogen and oxygen atoms in total. The summed E-state index contributed by atoms with van der Waals surface area (Å²) in [5, 5.41) is 4.01. The molecule has 2 rings (SSSR count). The number of rotatable bonds is 6. The molecule has 0 radical (unpaired) electrons. The predicted molar refractivity (Wildman–Crippen MR) is 97.5 cm³/mol. The molecule has 1 atom stereocenters. The van der Waals surface area contributed by atoms with E-state index in [9.17, 15) is 4.79 Å². The Balaban J connectivity index is 2.18. The van der Waals surface area contributed by atoms with Gasteiger partial charge in [-0.3, -0.25) is 9.63 Å². The van der Waals surface area contributed by atoms with E-state index in [1.165, 1.54) is 0 Å². The quantitative estimate of drug-likeness (QED) is 0.601. The number of halogens is 2. The van der Waals surface area contributed by atoms with Crippen LogP contribution < -0.4 is 11.2 Å². The van der Waals surface area contributed by atoms with Crippen LogP contribution in [0.3, 0.4) is 0 Å². The van der Waals surface area contributed by atoms with E-state index in [1.807, 2.05) is 24.3 Å². The third-order valence-electron chi connectivity index (χ3n) is 3.47. The van der Waals surface area contributed by atoms with E-state index in [0.717, 1.165) is 11.1 Å². The number of hydrogen-bond acceptors (Lipinski definition) is 3. The minimum atomic E-state index is -0.574. The zero-order valence-electron chi connectivity index (χ0n) is 13.1. The first kappa shape index (κ1) is 18.5. The minimum Gasteiger partial charge on any atom is -0.348 e. The predicted octanol–water partition coefficient (Wildman–Crippen LogP) is 3.97. The maximum absolute atomic E-state index is 12.5. The Labute approximate surface area is 151 Å². The van der Waals surface area contributed by atoms with Gasteiger partial charge in [0, 0.05) is 22.2 Å². The number of hydrogen-bond donors (Lipinski definition) is 2. The van der Waals surface area contributed by atoms with Crippen molar-refractivity contribution in [2.24, 2.45) is 5.90 Å². The van der Waals surface area contributed by atoms with Crippen molar-refractivity contribution in [3.05, 3.63) is 75.3 Å². The van der Waals surface area contributed by atoms with Crippen LogP contribution in [0.4, 0.5) is 0 Å². The van der Waals surface area contributed by atoms with Gasteiger partial charge in [0.25, 0.3) is 0 Å². The maximum Gasteiger partial charge on any atom is 0.250 e. The van der Waals surface area contributed by atoms with Gasteiger partial charge in [-0.2, -0.15) is 0 Å². The number of nitrogens with one attached hydrogen (secondary N) is 1. The SMILES string of the molecule is CC(ON)C(=Cc1cccc(Cl)c1)C(=O)NCc1ccccc1Cl. The summed E-state index contributed by atoms with van der Waals surface area (Å²) < 4.78 is 0. The molecular formula is C18H18Cl2N2O2. The van der Waals surface area contributed by atoms with Crippen molar-refractivity contribution in [2.45, 2.75) is 19.6 Å². The molecule has 24 heavy (non-hydrogen) atoms. The molecule has 1 amide bonds. The molecule has 0 aliphatic heterocycles. The van der Waals surface area contributed by atoms with Gasteiger partial charge in [0.1, 0.15) is 6.10 Å². The molecule has 0 aromatic heterocycles. The largest absolute Gasteiger partial charge is 0.348 e. The van der Waals surface area contributed by atoms with Crippen molar-refractivity contribution in [3.8, 4) is 0 Å². The summed E-state index contributed by atoms with van der Waals surface area (Å²) >= 11 is 12.1. The summed E-state index contributed by atoms with van der Waals surface area (Å²) in [4.78, 5) is 17.3. The average molecular weight is 365 g/mol. The third kappa shape index (κ3) is 5.08. The highest BCUT2D eigenvalue weighted by Crippen LogP contribution is 2.18. The van der Waals surface area contributed by atoms with Gasteiger partial charge in [0.15, 0.2) is 0 Å². The Kier molecular flexibility index (Phi) is 6.82. The lowest BCUT2D eigenvalue weighted by molar-refractivity contribution is -0.118. The van der Waals surface area contributed by atoms with Crippen molar-refractivity contribution in [1.29, 1.82) is 0 Å². The molecule has 1 unspecified atom stereocenters. The van der Waals surface area contributed by atoms with Gasteiger partial charge in [-0.05, 0) is 42.3 Å².